The van der Waals surface area contributed by atoms with Gasteiger partial charge in [0.2, 0.25) is 5.91 Å². The smallest absolute Gasteiger partial charge is 0.277 e. The number of halogens is 3. The molecular formula is C32H28ClF2N5O2S. The lowest BCUT2D eigenvalue weighted by atomic mass is 9.98. The van der Waals surface area contributed by atoms with Crippen LogP contribution in [0.25, 0.3) is 11.1 Å². The molecule has 5 rings (SSSR count). The zero-order chi connectivity index (χ0) is 30.5. The van der Waals surface area contributed by atoms with Crippen LogP contribution in [0.4, 0.5) is 8.78 Å². The van der Waals surface area contributed by atoms with Crippen molar-refractivity contribution in [3.05, 3.63) is 135 Å². The molecule has 2 aromatic heterocycles. The van der Waals surface area contributed by atoms with Crippen LogP contribution in [0.1, 0.15) is 35.1 Å². The summed E-state index contributed by atoms with van der Waals surface area (Å²) in [5.41, 5.74) is 3.54. The van der Waals surface area contributed by atoms with Crippen molar-refractivity contribution in [2.45, 2.75) is 36.8 Å². The molecule has 0 saturated heterocycles. The normalized spacial score (nSPS) is 11.8. The Morgan fingerprint density at radius 2 is 1.79 bits per heavy atom. The average Bonchev–Trinajstić information content (AvgIpc) is 3.54. The summed E-state index contributed by atoms with van der Waals surface area (Å²) in [6.45, 7) is 1.80. The second-order valence-electron chi connectivity index (χ2n) is 10.1. The third-order valence-electron chi connectivity index (χ3n) is 7.12. The number of thioether (sulfide) groups is 1. The largest absolute Gasteiger partial charge is 0.340 e. The van der Waals surface area contributed by atoms with E-state index in [-0.39, 0.29) is 30.7 Å². The topological polar surface area (TPSA) is 83.9 Å². The van der Waals surface area contributed by atoms with E-state index in [1.165, 1.54) is 34.9 Å². The van der Waals surface area contributed by atoms with Gasteiger partial charge in [-0.25, -0.2) is 8.78 Å². The van der Waals surface area contributed by atoms with Crippen LogP contribution in [0.5, 0.6) is 0 Å². The molecule has 43 heavy (non-hydrogen) atoms. The monoisotopic (exact) mass is 619 g/mol. The summed E-state index contributed by atoms with van der Waals surface area (Å²) in [5, 5.41) is 7.66. The first kappa shape index (κ1) is 30.2. The summed E-state index contributed by atoms with van der Waals surface area (Å²) < 4.78 is 30.1. The van der Waals surface area contributed by atoms with Gasteiger partial charge in [0, 0.05) is 53.8 Å². The Bertz CT molecular complexity index is 1780. The molecule has 1 N–H and O–H groups in total. The van der Waals surface area contributed by atoms with E-state index in [9.17, 15) is 14.0 Å². The number of nitrogens with one attached hydrogen (secondary N) is 1. The van der Waals surface area contributed by atoms with Crippen molar-refractivity contribution in [2.75, 3.05) is 7.05 Å². The van der Waals surface area contributed by atoms with Crippen molar-refractivity contribution in [3.63, 3.8) is 0 Å². The molecule has 220 valence electrons. The van der Waals surface area contributed by atoms with Gasteiger partial charge in [-0.05, 0) is 52.6 Å². The Balaban J connectivity index is 1.36. The minimum absolute atomic E-state index is 0.0511. The number of rotatable bonds is 10. The molecule has 11 heteroatoms. The van der Waals surface area contributed by atoms with Crippen molar-refractivity contribution in [1.29, 1.82) is 0 Å². The quantitative estimate of drug-likeness (QED) is 0.139. The molecule has 2 heterocycles. The van der Waals surface area contributed by atoms with Crippen LogP contribution >= 0.6 is 23.4 Å². The molecule has 1 amide bonds. The van der Waals surface area contributed by atoms with Gasteiger partial charge in [0.05, 0.1) is 6.20 Å². The molecular weight excluding hydrogens is 592 g/mol. The summed E-state index contributed by atoms with van der Waals surface area (Å²) in [5.74, 6) is -0.965. The fraction of sp³-hybridized carbons (Fsp3) is 0.188. The Morgan fingerprint density at radius 1 is 1.07 bits per heavy atom. The summed E-state index contributed by atoms with van der Waals surface area (Å²) in [6.07, 6.45) is 4.99. The number of benzene rings is 3. The van der Waals surface area contributed by atoms with Gasteiger partial charge in [-0.2, -0.15) is 10.1 Å². The molecule has 0 aliphatic rings. The molecule has 0 aliphatic heterocycles. The number of likely N-dealkylation sites (N-methyl/N-ethyl adjacent to an activating group) is 1. The van der Waals surface area contributed by atoms with E-state index >= 15 is 4.39 Å². The van der Waals surface area contributed by atoms with Gasteiger partial charge in [0.15, 0.2) is 5.16 Å². The molecule has 5 aromatic rings. The van der Waals surface area contributed by atoms with E-state index in [0.717, 1.165) is 16.7 Å². The SMILES string of the molecule is CC(c1cn[nH]c1)c1cn(CC(=O)N(C)Cc2ccc(-c3ccc(Cl)cc3)cc2F)c(SCc2ccc(F)cc2)nc1=O. The maximum absolute atomic E-state index is 15.1. The Hall–Kier alpha value is -4.28. The maximum Gasteiger partial charge on any atom is 0.277 e. The Labute approximate surface area is 256 Å². The van der Waals surface area contributed by atoms with E-state index in [1.54, 1.807) is 66.6 Å². The first-order chi connectivity index (χ1) is 20.7. The number of hydrogen-bond acceptors (Lipinski definition) is 5. The number of amides is 1. The molecule has 0 fully saturated rings. The number of carbonyl (C=O) groups excluding carboxylic acids is 1. The average molecular weight is 620 g/mol. The number of aromatic amines is 1. The molecule has 0 bridgehead atoms. The lowest BCUT2D eigenvalue weighted by Crippen LogP contribution is -2.32. The predicted octanol–water partition coefficient (Wildman–Crippen LogP) is 6.67. The van der Waals surface area contributed by atoms with Crippen LogP contribution in [-0.4, -0.2) is 37.6 Å². The van der Waals surface area contributed by atoms with Crippen LogP contribution in [0.3, 0.4) is 0 Å². The molecule has 1 atom stereocenters. The highest BCUT2D eigenvalue weighted by atomic mass is 35.5. The lowest BCUT2D eigenvalue weighted by Gasteiger charge is -2.21. The van der Waals surface area contributed by atoms with E-state index in [0.29, 0.717) is 32.6 Å². The van der Waals surface area contributed by atoms with Gasteiger partial charge in [-0.15, -0.1) is 0 Å². The fourth-order valence-electron chi connectivity index (χ4n) is 4.53. The van der Waals surface area contributed by atoms with Crippen LogP contribution in [0, 0.1) is 11.6 Å². The number of nitrogens with zero attached hydrogens (tertiary/aromatic N) is 4. The first-order valence-electron chi connectivity index (χ1n) is 13.4. The molecule has 7 nitrogen and oxygen atoms in total. The van der Waals surface area contributed by atoms with Crippen molar-refractivity contribution in [3.8, 4) is 11.1 Å². The highest BCUT2D eigenvalue weighted by Crippen LogP contribution is 2.26. The van der Waals surface area contributed by atoms with Gasteiger partial charge in [0.25, 0.3) is 5.56 Å². The summed E-state index contributed by atoms with van der Waals surface area (Å²) in [4.78, 5) is 32.2. The molecule has 0 radical (unpaired) electrons. The zero-order valence-corrected chi connectivity index (χ0v) is 25.0. The third-order valence-corrected chi connectivity index (χ3v) is 8.43. The van der Waals surface area contributed by atoms with Crippen molar-refractivity contribution in [1.82, 2.24) is 24.6 Å². The van der Waals surface area contributed by atoms with Gasteiger partial charge in [0.1, 0.15) is 18.2 Å². The second kappa shape index (κ2) is 13.4. The summed E-state index contributed by atoms with van der Waals surface area (Å²) in [6, 6.07) is 18.1. The van der Waals surface area contributed by atoms with Gasteiger partial charge in [-0.1, -0.05) is 66.7 Å². The Kier molecular flexibility index (Phi) is 9.37. The van der Waals surface area contributed by atoms with Crippen LogP contribution < -0.4 is 5.56 Å². The third kappa shape index (κ3) is 7.39. The molecule has 0 spiro atoms. The predicted molar refractivity (Wildman–Crippen MR) is 164 cm³/mol. The Morgan fingerprint density at radius 3 is 2.47 bits per heavy atom. The zero-order valence-electron chi connectivity index (χ0n) is 23.4. The van der Waals surface area contributed by atoms with Crippen molar-refractivity contribution in [2.24, 2.45) is 0 Å². The van der Waals surface area contributed by atoms with Gasteiger partial charge in [-0.3, -0.25) is 14.7 Å². The lowest BCUT2D eigenvalue weighted by molar-refractivity contribution is -0.131. The van der Waals surface area contributed by atoms with Crippen LogP contribution in [0.15, 0.2) is 95.3 Å². The standard InChI is InChI=1S/C32H28ClF2N5O2S/c1-20(25-14-36-37-15-25)28-17-40(32(38-31(28)42)43-19-21-3-11-27(34)12-4-21)18-30(41)39(2)16-24-6-5-23(13-29(24)35)22-7-9-26(33)10-8-22/h3-15,17,20H,16,18-19H2,1-2H3,(H,36,37). The minimum Gasteiger partial charge on any atom is -0.340 e. The molecule has 0 saturated carbocycles. The van der Waals surface area contributed by atoms with Crippen molar-refractivity contribution >= 4 is 29.3 Å². The number of hydrogen-bond donors (Lipinski definition) is 1. The number of carbonyl (C=O) groups is 1. The van der Waals surface area contributed by atoms with Gasteiger partial charge >= 0.3 is 0 Å². The fourth-order valence-corrected chi connectivity index (χ4v) is 5.58. The summed E-state index contributed by atoms with van der Waals surface area (Å²) >= 11 is 7.24. The van der Waals surface area contributed by atoms with Crippen LogP contribution in [0.2, 0.25) is 5.02 Å². The summed E-state index contributed by atoms with van der Waals surface area (Å²) in [7, 11) is 1.60. The van der Waals surface area contributed by atoms with Crippen molar-refractivity contribution < 1.29 is 13.6 Å². The highest BCUT2D eigenvalue weighted by Gasteiger charge is 2.20. The minimum atomic E-state index is -0.427. The second-order valence-corrected chi connectivity index (χ2v) is 11.5. The van der Waals surface area contributed by atoms with Crippen LogP contribution in [-0.2, 0) is 23.6 Å². The maximum atomic E-state index is 15.1. The number of H-pyrrole nitrogens is 1. The molecule has 0 aliphatic carbocycles. The molecule has 1 unspecified atom stereocenters. The molecule has 3 aromatic carbocycles. The van der Waals surface area contributed by atoms with E-state index < -0.39 is 11.4 Å². The highest BCUT2D eigenvalue weighted by molar-refractivity contribution is 7.98. The first-order valence-corrected chi connectivity index (χ1v) is 14.8. The number of aromatic nitrogens is 4. The van der Waals surface area contributed by atoms with E-state index in [4.69, 9.17) is 11.6 Å². The van der Waals surface area contributed by atoms with E-state index in [2.05, 4.69) is 15.2 Å². The van der Waals surface area contributed by atoms with E-state index in [1.807, 2.05) is 19.1 Å². The van der Waals surface area contributed by atoms with Gasteiger partial charge < -0.3 is 9.47 Å².